The van der Waals surface area contributed by atoms with Gasteiger partial charge < -0.3 is 10.3 Å². The molecule has 0 saturated heterocycles. The minimum absolute atomic E-state index is 0.0806. The van der Waals surface area contributed by atoms with Crippen LogP contribution in [0.15, 0.2) is 34.3 Å². The van der Waals surface area contributed by atoms with Crippen LogP contribution in [-0.4, -0.2) is 31.5 Å². The Morgan fingerprint density at radius 3 is 2.50 bits per heavy atom. The Bertz CT molecular complexity index is 995. The van der Waals surface area contributed by atoms with Crippen molar-refractivity contribution in [1.82, 2.24) is 9.29 Å². The summed E-state index contributed by atoms with van der Waals surface area (Å²) in [5, 5.41) is -0.518. The van der Waals surface area contributed by atoms with E-state index in [4.69, 9.17) is 17.3 Å². The molecule has 1 aromatic heterocycles. The van der Waals surface area contributed by atoms with E-state index in [2.05, 4.69) is 4.99 Å². The fourth-order valence-electron chi connectivity index (χ4n) is 2.15. The maximum absolute atomic E-state index is 13.4. The number of nitrogens with one attached hydrogen (secondary N) is 1. The van der Waals surface area contributed by atoms with Gasteiger partial charge in [0.05, 0.1) is 22.8 Å². The summed E-state index contributed by atoms with van der Waals surface area (Å²) in [6, 6.07) is 2.84. The first-order chi connectivity index (χ1) is 12.8. The summed E-state index contributed by atoms with van der Waals surface area (Å²) in [4.78, 5) is 3.52. The van der Waals surface area contributed by atoms with E-state index in [0.29, 0.717) is 0 Å². The Hall–Kier alpha value is -2.18. The van der Waals surface area contributed by atoms with E-state index in [-0.39, 0.29) is 22.1 Å². The molecule has 154 valence electrons. The number of nitrogens with two attached hydrogens (primary N) is 1. The van der Waals surface area contributed by atoms with E-state index >= 15 is 0 Å². The van der Waals surface area contributed by atoms with Gasteiger partial charge in [-0.2, -0.15) is 13.2 Å². The fraction of sp³-hybridized carbons (Fsp3) is 0.267. The molecule has 2 rings (SSSR count). The van der Waals surface area contributed by atoms with Crippen molar-refractivity contribution in [2.24, 2.45) is 17.8 Å². The van der Waals surface area contributed by atoms with E-state index in [1.807, 2.05) is 4.72 Å². The van der Waals surface area contributed by atoms with Crippen LogP contribution in [-0.2, 0) is 17.1 Å². The molecule has 0 atom stereocenters. The molecule has 0 spiro atoms. The van der Waals surface area contributed by atoms with Crippen LogP contribution in [0.4, 0.5) is 27.6 Å². The van der Waals surface area contributed by atoms with Crippen LogP contribution in [0.2, 0.25) is 5.02 Å². The van der Waals surface area contributed by atoms with Gasteiger partial charge in [-0.3, -0.25) is 0 Å². The molecule has 3 N–H and O–H groups in total. The lowest BCUT2D eigenvalue weighted by Crippen LogP contribution is -2.27. The quantitative estimate of drug-likeness (QED) is 0.310. The van der Waals surface area contributed by atoms with Gasteiger partial charge in [0.15, 0.2) is 11.6 Å². The lowest BCUT2D eigenvalue weighted by Gasteiger charge is -2.07. The molecule has 1 aromatic carbocycles. The van der Waals surface area contributed by atoms with Crippen LogP contribution in [0, 0.1) is 11.6 Å². The molecule has 0 aliphatic heterocycles. The van der Waals surface area contributed by atoms with E-state index in [1.54, 1.807) is 0 Å². The highest BCUT2D eigenvalue weighted by molar-refractivity contribution is 7.89. The number of alkyl halides is 3. The number of sulfonamides is 1. The summed E-state index contributed by atoms with van der Waals surface area (Å²) >= 11 is 5.53. The third-order valence-corrected chi connectivity index (χ3v) is 5.17. The second kappa shape index (κ2) is 8.05. The van der Waals surface area contributed by atoms with Gasteiger partial charge in [-0.15, -0.1) is 0 Å². The van der Waals surface area contributed by atoms with Crippen molar-refractivity contribution in [3.63, 3.8) is 0 Å². The number of aliphatic imine (C=N–C) groups is 1. The van der Waals surface area contributed by atoms with Crippen LogP contribution in [0.1, 0.15) is 12.1 Å². The lowest BCUT2D eigenvalue weighted by molar-refractivity contribution is -0.132. The van der Waals surface area contributed by atoms with Gasteiger partial charge in [-0.05, 0) is 12.1 Å². The first-order valence-electron chi connectivity index (χ1n) is 7.52. The van der Waals surface area contributed by atoms with Gasteiger partial charge in [-0.1, -0.05) is 11.6 Å². The number of rotatable bonds is 6. The molecule has 28 heavy (non-hydrogen) atoms. The first-order valence-corrected chi connectivity index (χ1v) is 9.38. The topological polar surface area (TPSA) is 89.5 Å². The van der Waals surface area contributed by atoms with E-state index in [1.165, 1.54) is 11.6 Å². The zero-order valence-corrected chi connectivity index (χ0v) is 15.8. The number of halogens is 6. The third-order valence-electron chi connectivity index (χ3n) is 3.47. The molecule has 0 fully saturated rings. The monoisotopic (exact) mass is 444 g/mol. The van der Waals surface area contributed by atoms with Crippen molar-refractivity contribution in [2.45, 2.75) is 17.5 Å². The Morgan fingerprint density at radius 2 is 1.93 bits per heavy atom. The molecule has 0 unspecified atom stereocenters. The highest BCUT2D eigenvalue weighted by Gasteiger charge is 2.28. The van der Waals surface area contributed by atoms with E-state index < -0.39 is 45.8 Å². The Morgan fingerprint density at radius 1 is 1.29 bits per heavy atom. The predicted molar refractivity (Wildman–Crippen MR) is 93.0 cm³/mol. The van der Waals surface area contributed by atoms with Crippen molar-refractivity contribution < 1.29 is 30.4 Å². The number of aromatic nitrogens is 1. The summed E-state index contributed by atoms with van der Waals surface area (Å²) < 4.78 is 90.4. The lowest BCUT2D eigenvalue weighted by atomic mass is 10.3. The largest absolute Gasteiger partial charge is 0.390 e. The van der Waals surface area contributed by atoms with Crippen LogP contribution in [0.25, 0.3) is 0 Å². The molecule has 0 amide bonds. The second-order valence-electron chi connectivity index (χ2n) is 5.66. The van der Waals surface area contributed by atoms with Gasteiger partial charge in [0.1, 0.15) is 10.7 Å². The summed E-state index contributed by atoms with van der Waals surface area (Å²) in [5.74, 6) is -2.75. The molecule has 1 heterocycles. The average molecular weight is 445 g/mol. The van der Waals surface area contributed by atoms with E-state index in [9.17, 15) is 30.4 Å². The Labute approximate surface area is 161 Å². The maximum atomic E-state index is 13.4. The average Bonchev–Trinajstić information content (AvgIpc) is 2.94. The molecule has 0 bridgehead atoms. The SMILES string of the molecule is Cn1cc(S(=O)(=O)NCCC(F)(F)F)cc1C(N)=Nc1cc(F)c(F)c(Cl)c1. The third kappa shape index (κ3) is 5.42. The van der Waals surface area contributed by atoms with Gasteiger partial charge in [-0.25, -0.2) is 26.9 Å². The number of nitrogens with zero attached hydrogens (tertiary/aromatic N) is 2. The van der Waals surface area contributed by atoms with E-state index in [0.717, 1.165) is 24.4 Å². The number of amidine groups is 1. The molecule has 0 aliphatic carbocycles. The number of aryl methyl sites for hydroxylation is 1. The fourth-order valence-corrected chi connectivity index (χ4v) is 3.45. The highest BCUT2D eigenvalue weighted by Crippen LogP contribution is 2.25. The normalized spacial score (nSPS) is 13.2. The molecule has 0 radical (unpaired) electrons. The van der Waals surface area contributed by atoms with Crippen LogP contribution in [0.3, 0.4) is 0 Å². The first kappa shape index (κ1) is 22.1. The molecule has 0 saturated carbocycles. The van der Waals surface area contributed by atoms with Crippen molar-refractivity contribution in [3.8, 4) is 0 Å². The Kier molecular flexibility index (Phi) is 6.36. The van der Waals surface area contributed by atoms with Gasteiger partial charge in [0.25, 0.3) is 0 Å². The van der Waals surface area contributed by atoms with Crippen LogP contribution < -0.4 is 10.5 Å². The smallest absolute Gasteiger partial charge is 0.382 e. The summed E-state index contributed by atoms with van der Waals surface area (Å²) in [7, 11) is -2.80. The van der Waals surface area contributed by atoms with Gasteiger partial charge >= 0.3 is 6.18 Å². The van der Waals surface area contributed by atoms with Crippen LogP contribution >= 0.6 is 11.6 Å². The molecule has 0 aliphatic rings. The molecule has 2 aromatic rings. The van der Waals surface area contributed by atoms with Crippen molar-refractivity contribution in [2.75, 3.05) is 6.54 Å². The number of hydrogen-bond donors (Lipinski definition) is 2. The van der Waals surface area contributed by atoms with Gasteiger partial charge in [0.2, 0.25) is 10.0 Å². The summed E-state index contributed by atoms with van der Waals surface area (Å²) in [6.45, 7) is -0.826. The number of hydrogen-bond acceptors (Lipinski definition) is 3. The minimum atomic E-state index is -4.51. The molecular weight excluding hydrogens is 431 g/mol. The zero-order chi connectivity index (χ0) is 21.3. The molecule has 6 nitrogen and oxygen atoms in total. The molecule has 13 heteroatoms. The maximum Gasteiger partial charge on any atom is 0.390 e. The standard InChI is InChI=1S/C15H14ClF5N4O2S/c1-25-7-9(28(26,27)23-3-2-15(19,20)21)6-12(25)14(22)24-8-4-10(16)13(18)11(17)5-8/h4-7,23H,2-3H2,1H3,(H2,22,24). The van der Waals surface area contributed by atoms with Crippen molar-refractivity contribution in [1.29, 1.82) is 0 Å². The summed E-state index contributed by atoms with van der Waals surface area (Å²) in [5.41, 5.74) is 5.75. The minimum Gasteiger partial charge on any atom is -0.382 e. The second-order valence-corrected chi connectivity index (χ2v) is 7.83. The predicted octanol–water partition coefficient (Wildman–Crippen LogP) is 3.22. The summed E-state index contributed by atoms with van der Waals surface area (Å²) in [6.07, 6.45) is -4.72. The van der Waals surface area contributed by atoms with Crippen molar-refractivity contribution >= 4 is 33.1 Å². The van der Waals surface area contributed by atoms with Crippen LogP contribution in [0.5, 0.6) is 0 Å². The van der Waals surface area contributed by atoms with Gasteiger partial charge in [0, 0.05) is 25.9 Å². The number of benzene rings is 1. The zero-order valence-electron chi connectivity index (χ0n) is 14.2. The highest BCUT2D eigenvalue weighted by atomic mass is 35.5. The molecular formula is C15H14ClF5N4O2S. The Balaban J connectivity index is 2.28. The van der Waals surface area contributed by atoms with Crippen molar-refractivity contribution in [3.05, 3.63) is 46.7 Å².